The molecule has 2 amide bonds. The van der Waals surface area contributed by atoms with E-state index in [1.165, 1.54) is 24.0 Å². The number of ether oxygens (including phenoxy) is 2. The molecular formula is C31H34N4O4. The van der Waals surface area contributed by atoms with Crippen molar-refractivity contribution in [1.82, 2.24) is 15.3 Å². The Bertz CT molecular complexity index is 1320. The van der Waals surface area contributed by atoms with Crippen LogP contribution in [0.4, 0.5) is 0 Å². The molecule has 1 saturated carbocycles. The molecule has 0 saturated heterocycles. The van der Waals surface area contributed by atoms with Gasteiger partial charge in [-0.15, -0.1) is 0 Å². The molecule has 2 aliphatic rings. The van der Waals surface area contributed by atoms with Crippen molar-refractivity contribution >= 4 is 17.5 Å². The number of rotatable bonds is 9. The average molecular weight is 527 g/mol. The number of hydrazone groups is 1. The zero-order valence-electron chi connectivity index (χ0n) is 22.4. The molecule has 0 bridgehead atoms. The molecule has 8 nitrogen and oxygen atoms in total. The third-order valence-corrected chi connectivity index (χ3v) is 7.38. The number of nitrogens with one attached hydrogen (secondary N) is 1. The van der Waals surface area contributed by atoms with E-state index in [2.05, 4.69) is 17.2 Å². The Hall–Kier alpha value is -4.20. The van der Waals surface area contributed by atoms with Crippen molar-refractivity contribution < 1.29 is 19.1 Å². The van der Waals surface area contributed by atoms with Gasteiger partial charge in [-0.25, -0.2) is 5.01 Å². The van der Waals surface area contributed by atoms with Crippen molar-refractivity contribution in [1.29, 1.82) is 0 Å². The number of nitrogens with zero attached hydrogens (tertiary/aromatic N) is 3. The average Bonchev–Trinajstić information content (AvgIpc) is 3.50. The molecule has 2 atom stereocenters. The normalized spacial score (nSPS) is 18.4. The minimum Gasteiger partial charge on any atom is -0.493 e. The number of pyridine rings is 1. The smallest absolute Gasteiger partial charge is 0.254 e. The van der Waals surface area contributed by atoms with Crippen LogP contribution in [0.3, 0.4) is 0 Å². The number of carbonyl (C=O) groups excluding carboxylic acids is 2. The Balaban J connectivity index is 1.52. The van der Waals surface area contributed by atoms with E-state index in [0.29, 0.717) is 17.1 Å². The summed E-state index contributed by atoms with van der Waals surface area (Å²) >= 11 is 0. The largest absolute Gasteiger partial charge is 0.493 e. The number of aromatic nitrogens is 1. The summed E-state index contributed by atoms with van der Waals surface area (Å²) < 4.78 is 11.9. The van der Waals surface area contributed by atoms with Gasteiger partial charge in [0.1, 0.15) is 0 Å². The van der Waals surface area contributed by atoms with Gasteiger partial charge in [0.25, 0.3) is 5.91 Å². The number of hydrogen-bond donors (Lipinski definition) is 1. The highest BCUT2D eigenvalue weighted by molar-refractivity contribution is 6.06. The summed E-state index contributed by atoms with van der Waals surface area (Å²) in [6.07, 6.45) is 7.93. The molecule has 1 aliphatic heterocycles. The Morgan fingerprint density at radius 1 is 1.08 bits per heavy atom. The number of methoxy groups -OCH3 is 1. The van der Waals surface area contributed by atoms with Gasteiger partial charge < -0.3 is 14.8 Å². The van der Waals surface area contributed by atoms with Gasteiger partial charge in [-0.3, -0.25) is 14.6 Å². The molecule has 1 fully saturated rings. The van der Waals surface area contributed by atoms with Crippen LogP contribution < -0.4 is 14.8 Å². The maximum Gasteiger partial charge on any atom is 0.254 e. The van der Waals surface area contributed by atoms with Crippen LogP contribution in [0.2, 0.25) is 0 Å². The van der Waals surface area contributed by atoms with Gasteiger partial charge in [0.2, 0.25) is 5.91 Å². The molecule has 8 heteroatoms. The second-order valence-corrected chi connectivity index (χ2v) is 9.95. The highest BCUT2D eigenvalue weighted by Crippen LogP contribution is 2.35. The highest BCUT2D eigenvalue weighted by atomic mass is 16.5. The molecule has 202 valence electrons. The van der Waals surface area contributed by atoms with E-state index in [1.54, 1.807) is 25.4 Å². The maximum absolute atomic E-state index is 13.5. The van der Waals surface area contributed by atoms with E-state index in [4.69, 9.17) is 14.6 Å². The summed E-state index contributed by atoms with van der Waals surface area (Å²) in [6.45, 7) is 2.06. The van der Waals surface area contributed by atoms with Gasteiger partial charge in [0.05, 0.1) is 24.5 Å². The Kier molecular flexibility index (Phi) is 8.20. The first kappa shape index (κ1) is 26.4. The Labute approximate surface area is 229 Å². The van der Waals surface area contributed by atoms with Crippen molar-refractivity contribution in [2.24, 2.45) is 11.0 Å². The summed E-state index contributed by atoms with van der Waals surface area (Å²) in [6, 6.07) is 18.6. The Morgan fingerprint density at radius 3 is 2.56 bits per heavy atom. The van der Waals surface area contributed by atoms with Gasteiger partial charge in [0.15, 0.2) is 17.7 Å². The summed E-state index contributed by atoms with van der Waals surface area (Å²) in [4.78, 5) is 30.7. The lowest BCUT2D eigenvalue weighted by molar-refractivity contribution is -0.135. The number of benzene rings is 2. The van der Waals surface area contributed by atoms with Gasteiger partial charge in [-0.05, 0) is 68.0 Å². The van der Waals surface area contributed by atoms with E-state index in [1.807, 2.05) is 48.5 Å². The van der Waals surface area contributed by atoms with E-state index in [9.17, 15) is 9.59 Å². The zero-order valence-corrected chi connectivity index (χ0v) is 22.4. The summed E-state index contributed by atoms with van der Waals surface area (Å²) in [7, 11) is 1.64. The summed E-state index contributed by atoms with van der Waals surface area (Å²) in [5.41, 5.74) is 2.81. The maximum atomic E-state index is 13.5. The van der Waals surface area contributed by atoms with Gasteiger partial charge in [-0.2, -0.15) is 5.10 Å². The van der Waals surface area contributed by atoms with Crippen molar-refractivity contribution in [3.63, 3.8) is 0 Å². The second-order valence-electron chi connectivity index (χ2n) is 9.95. The van der Waals surface area contributed by atoms with Crippen molar-refractivity contribution in [2.75, 3.05) is 7.11 Å². The van der Waals surface area contributed by atoms with Gasteiger partial charge >= 0.3 is 0 Å². The molecule has 1 N–H and O–H groups in total. The summed E-state index contributed by atoms with van der Waals surface area (Å²) in [5, 5.41) is 9.33. The Morgan fingerprint density at radius 2 is 1.87 bits per heavy atom. The second kappa shape index (κ2) is 12.1. The van der Waals surface area contributed by atoms with Crippen LogP contribution in [-0.4, -0.2) is 40.7 Å². The SMILES string of the molecule is CCC1CC(=O)N(C(NC(=O)c2cccnc2)c2ccccc2)N=C1c1ccc(OC)c(OC2CCCC2)c1. The first-order valence-corrected chi connectivity index (χ1v) is 13.6. The fourth-order valence-electron chi connectivity index (χ4n) is 5.23. The molecule has 3 aromatic rings. The highest BCUT2D eigenvalue weighted by Gasteiger charge is 2.35. The van der Waals surface area contributed by atoms with E-state index in [0.717, 1.165) is 36.1 Å². The lowest BCUT2D eigenvalue weighted by atomic mass is 9.89. The number of hydrogen-bond acceptors (Lipinski definition) is 6. The molecule has 2 unspecified atom stereocenters. The fourth-order valence-corrected chi connectivity index (χ4v) is 5.23. The summed E-state index contributed by atoms with van der Waals surface area (Å²) in [5.74, 6) is 0.811. The molecule has 5 rings (SSSR count). The monoisotopic (exact) mass is 526 g/mol. The van der Waals surface area contributed by atoms with Crippen LogP contribution in [-0.2, 0) is 4.79 Å². The minimum absolute atomic E-state index is 0.0630. The minimum atomic E-state index is -0.785. The molecule has 0 radical (unpaired) electrons. The van der Waals surface area contributed by atoms with Crippen LogP contribution in [0.1, 0.15) is 73.1 Å². The molecule has 0 spiro atoms. The molecule has 39 heavy (non-hydrogen) atoms. The van der Waals surface area contributed by atoms with E-state index >= 15 is 0 Å². The molecule has 1 aliphatic carbocycles. The van der Waals surface area contributed by atoms with E-state index < -0.39 is 6.17 Å². The molecule has 1 aromatic heterocycles. The standard InChI is InChI=1S/C31H34N4O4/c1-3-21-19-28(36)35(30(22-10-5-4-6-11-22)33-31(37)24-12-9-17-32-20-24)34-29(21)23-15-16-26(38-2)27(18-23)39-25-13-7-8-14-25/h4-6,9-12,15-18,20-21,25,30H,3,7-8,13-14,19H2,1-2H3,(H,33,37). The third-order valence-electron chi connectivity index (χ3n) is 7.38. The van der Waals surface area contributed by atoms with Crippen molar-refractivity contribution in [2.45, 2.75) is 57.7 Å². The number of carbonyl (C=O) groups is 2. The lowest BCUT2D eigenvalue weighted by Crippen LogP contribution is -2.46. The van der Waals surface area contributed by atoms with Crippen molar-refractivity contribution in [3.05, 3.63) is 89.7 Å². The van der Waals surface area contributed by atoms with Crippen molar-refractivity contribution in [3.8, 4) is 11.5 Å². The third kappa shape index (κ3) is 5.95. The predicted molar refractivity (Wildman–Crippen MR) is 149 cm³/mol. The number of amides is 2. The molecule has 2 heterocycles. The first-order chi connectivity index (χ1) is 19.1. The van der Waals surface area contributed by atoms with Crippen LogP contribution in [0.5, 0.6) is 11.5 Å². The molecular weight excluding hydrogens is 492 g/mol. The lowest BCUT2D eigenvalue weighted by Gasteiger charge is -2.35. The quantitative estimate of drug-likeness (QED) is 0.397. The van der Waals surface area contributed by atoms with E-state index in [-0.39, 0.29) is 30.3 Å². The van der Waals surface area contributed by atoms with Crippen LogP contribution in [0, 0.1) is 5.92 Å². The topological polar surface area (TPSA) is 93.1 Å². The zero-order chi connectivity index (χ0) is 27.2. The molecule has 2 aromatic carbocycles. The predicted octanol–water partition coefficient (Wildman–Crippen LogP) is 5.50. The fraction of sp³-hybridized carbons (Fsp3) is 0.355. The first-order valence-electron chi connectivity index (χ1n) is 13.6. The van der Waals surface area contributed by atoms with Crippen LogP contribution >= 0.6 is 0 Å². The van der Waals surface area contributed by atoms with Gasteiger partial charge in [-0.1, -0.05) is 37.3 Å². The van der Waals surface area contributed by atoms with Crippen LogP contribution in [0.15, 0.2) is 78.2 Å². The van der Waals surface area contributed by atoms with Crippen LogP contribution in [0.25, 0.3) is 0 Å². The van der Waals surface area contributed by atoms with Gasteiger partial charge in [0, 0.05) is 30.3 Å².